The normalized spacial score (nSPS) is 11.1. The molecule has 2 aromatic rings. The van der Waals surface area contributed by atoms with E-state index in [9.17, 15) is 9.59 Å². The number of benzene rings is 1. The van der Waals surface area contributed by atoms with Crippen molar-refractivity contribution < 1.29 is 19.1 Å². The Morgan fingerprint density at radius 2 is 1.81 bits per heavy atom. The zero-order valence-electron chi connectivity index (χ0n) is 12.6. The van der Waals surface area contributed by atoms with Gasteiger partial charge in [-0.3, -0.25) is 9.59 Å². The molecular weight excluding hydrogens is 270 g/mol. The molecule has 2 rings (SSSR count). The fourth-order valence-corrected chi connectivity index (χ4v) is 2.18. The van der Waals surface area contributed by atoms with Crippen LogP contribution in [0.15, 0.2) is 22.6 Å². The lowest BCUT2D eigenvalue weighted by Gasteiger charge is -2.23. The molecular formula is C16H19NO4. The molecule has 0 aliphatic rings. The first-order valence-corrected chi connectivity index (χ1v) is 6.83. The molecule has 1 heterocycles. The van der Waals surface area contributed by atoms with Crippen molar-refractivity contribution in [1.29, 1.82) is 0 Å². The molecule has 5 nitrogen and oxygen atoms in total. The minimum atomic E-state index is -1.04. The Morgan fingerprint density at radius 3 is 2.38 bits per heavy atom. The Morgan fingerprint density at radius 1 is 1.19 bits per heavy atom. The monoisotopic (exact) mass is 289 g/mol. The number of carboxylic acid groups (broad SMARTS) is 1. The molecule has 0 saturated heterocycles. The fraction of sp³-hybridized carbons (Fsp3) is 0.375. The van der Waals surface area contributed by atoms with Gasteiger partial charge < -0.3 is 14.4 Å². The Kier molecular flexibility index (Phi) is 4.02. The van der Waals surface area contributed by atoms with Crippen LogP contribution in [0, 0.1) is 13.8 Å². The van der Waals surface area contributed by atoms with E-state index in [2.05, 4.69) is 0 Å². The average molecular weight is 289 g/mol. The minimum absolute atomic E-state index is 0.171. The number of hydrogen-bond donors (Lipinski definition) is 1. The molecule has 1 N–H and O–H groups in total. The highest BCUT2D eigenvalue weighted by atomic mass is 16.4. The van der Waals surface area contributed by atoms with Crippen LogP contribution < -0.4 is 0 Å². The Bertz CT molecular complexity index is 661. The van der Waals surface area contributed by atoms with E-state index in [0.717, 1.165) is 16.5 Å². The Hall–Kier alpha value is -2.30. The SMILES string of the molecule is Cc1cc2cc(C(=O)N(CC(=O)O)C(C)C)oc2cc1C. The number of carbonyl (C=O) groups is 2. The predicted octanol–water partition coefficient (Wildman–Crippen LogP) is 2.98. The molecule has 1 aromatic heterocycles. The Balaban J connectivity index is 2.40. The number of furan rings is 1. The second kappa shape index (κ2) is 5.60. The molecule has 5 heteroatoms. The van der Waals surface area contributed by atoms with Crippen molar-refractivity contribution in [2.75, 3.05) is 6.54 Å². The number of aryl methyl sites for hydroxylation is 2. The first-order valence-electron chi connectivity index (χ1n) is 6.83. The average Bonchev–Trinajstić information content (AvgIpc) is 2.78. The van der Waals surface area contributed by atoms with Crippen LogP contribution in [0.3, 0.4) is 0 Å². The lowest BCUT2D eigenvalue weighted by atomic mass is 10.1. The van der Waals surface area contributed by atoms with E-state index in [1.54, 1.807) is 19.9 Å². The van der Waals surface area contributed by atoms with Crippen molar-refractivity contribution in [3.05, 3.63) is 35.1 Å². The first kappa shape index (κ1) is 15.1. The van der Waals surface area contributed by atoms with E-state index in [0.29, 0.717) is 5.58 Å². The van der Waals surface area contributed by atoms with E-state index in [4.69, 9.17) is 9.52 Å². The number of rotatable bonds is 4. The topological polar surface area (TPSA) is 70.8 Å². The number of carbonyl (C=O) groups excluding carboxylic acids is 1. The summed E-state index contributed by atoms with van der Waals surface area (Å²) in [6.07, 6.45) is 0. The maximum Gasteiger partial charge on any atom is 0.323 e. The van der Waals surface area contributed by atoms with Crippen molar-refractivity contribution in [3.8, 4) is 0 Å². The maximum atomic E-state index is 12.4. The number of nitrogens with zero attached hydrogens (tertiary/aromatic N) is 1. The van der Waals surface area contributed by atoms with E-state index >= 15 is 0 Å². The minimum Gasteiger partial charge on any atom is -0.480 e. The van der Waals surface area contributed by atoms with Crippen molar-refractivity contribution in [2.24, 2.45) is 0 Å². The Labute approximate surface area is 123 Å². The highest BCUT2D eigenvalue weighted by Gasteiger charge is 2.24. The number of aliphatic carboxylic acids is 1. The van der Waals surface area contributed by atoms with Crippen LogP contribution in [0.4, 0.5) is 0 Å². The van der Waals surface area contributed by atoms with Crippen molar-refractivity contribution in [3.63, 3.8) is 0 Å². The van der Waals surface area contributed by atoms with Crippen LogP contribution in [-0.4, -0.2) is 34.5 Å². The third-order valence-corrected chi connectivity index (χ3v) is 3.53. The lowest BCUT2D eigenvalue weighted by Crippen LogP contribution is -2.40. The molecule has 0 spiro atoms. The van der Waals surface area contributed by atoms with E-state index in [-0.39, 0.29) is 18.3 Å². The molecule has 21 heavy (non-hydrogen) atoms. The summed E-state index contributed by atoms with van der Waals surface area (Å²) >= 11 is 0. The van der Waals surface area contributed by atoms with Gasteiger partial charge >= 0.3 is 5.97 Å². The summed E-state index contributed by atoms with van der Waals surface area (Å²) in [5.41, 5.74) is 2.84. The predicted molar refractivity (Wildman–Crippen MR) is 79.5 cm³/mol. The highest BCUT2D eigenvalue weighted by Crippen LogP contribution is 2.24. The van der Waals surface area contributed by atoms with Gasteiger partial charge in [-0.15, -0.1) is 0 Å². The first-order chi connectivity index (χ1) is 9.79. The van der Waals surface area contributed by atoms with Gasteiger partial charge in [0.25, 0.3) is 5.91 Å². The lowest BCUT2D eigenvalue weighted by molar-refractivity contribution is -0.138. The van der Waals surface area contributed by atoms with Crippen LogP contribution >= 0.6 is 0 Å². The molecule has 112 valence electrons. The van der Waals surface area contributed by atoms with Crippen LogP contribution in [0.2, 0.25) is 0 Å². The summed E-state index contributed by atoms with van der Waals surface area (Å²) < 4.78 is 5.59. The van der Waals surface area contributed by atoms with Gasteiger partial charge in [0.2, 0.25) is 0 Å². The number of hydrogen-bond acceptors (Lipinski definition) is 3. The summed E-state index contributed by atoms with van der Waals surface area (Å²) in [4.78, 5) is 24.6. The largest absolute Gasteiger partial charge is 0.480 e. The van der Waals surface area contributed by atoms with Gasteiger partial charge in [0, 0.05) is 11.4 Å². The smallest absolute Gasteiger partial charge is 0.323 e. The van der Waals surface area contributed by atoms with Crippen LogP contribution in [-0.2, 0) is 4.79 Å². The summed E-state index contributed by atoms with van der Waals surface area (Å²) in [6.45, 7) is 7.18. The zero-order valence-corrected chi connectivity index (χ0v) is 12.6. The third-order valence-electron chi connectivity index (χ3n) is 3.53. The molecule has 0 aliphatic carbocycles. The fourth-order valence-electron chi connectivity index (χ4n) is 2.18. The highest BCUT2D eigenvalue weighted by molar-refractivity contribution is 5.97. The number of amides is 1. The van der Waals surface area contributed by atoms with Gasteiger partial charge in [-0.05, 0) is 57.0 Å². The molecule has 1 aromatic carbocycles. The van der Waals surface area contributed by atoms with Crippen LogP contribution in [0.25, 0.3) is 11.0 Å². The molecule has 0 bridgehead atoms. The summed E-state index contributed by atoms with van der Waals surface area (Å²) in [7, 11) is 0. The van der Waals surface area contributed by atoms with Crippen molar-refractivity contribution in [1.82, 2.24) is 4.90 Å². The number of carboxylic acids is 1. The zero-order chi connectivity index (χ0) is 15.7. The standard InChI is InChI=1S/C16H19NO4/c1-9(2)17(8-15(18)19)16(20)14-7-12-5-10(3)11(4)6-13(12)21-14/h5-7,9H,8H2,1-4H3,(H,18,19). The summed E-state index contributed by atoms with van der Waals surface area (Å²) in [6, 6.07) is 5.30. The van der Waals surface area contributed by atoms with Crippen LogP contribution in [0.5, 0.6) is 0 Å². The van der Waals surface area contributed by atoms with Gasteiger partial charge in [0.15, 0.2) is 5.76 Å². The summed E-state index contributed by atoms with van der Waals surface area (Å²) in [5, 5.41) is 9.76. The van der Waals surface area contributed by atoms with Gasteiger partial charge in [-0.1, -0.05) is 0 Å². The molecule has 0 atom stereocenters. The van der Waals surface area contributed by atoms with Gasteiger partial charge in [-0.25, -0.2) is 0 Å². The van der Waals surface area contributed by atoms with Crippen LogP contribution in [0.1, 0.15) is 35.5 Å². The molecule has 0 radical (unpaired) electrons. The van der Waals surface area contributed by atoms with E-state index in [1.165, 1.54) is 4.90 Å². The van der Waals surface area contributed by atoms with Gasteiger partial charge in [-0.2, -0.15) is 0 Å². The van der Waals surface area contributed by atoms with E-state index in [1.807, 2.05) is 26.0 Å². The molecule has 0 fully saturated rings. The quantitative estimate of drug-likeness (QED) is 0.939. The van der Waals surface area contributed by atoms with Crippen molar-refractivity contribution in [2.45, 2.75) is 33.7 Å². The molecule has 0 saturated carbocycles. The van der Waals surface area contributed by atoms with Gasteiger partial charge in [0.1, 0.15) is 12.1 Å². The number of fused-ring (bicyclic) bond motifs is 1. The summed E-state index contributed by atoms with van der Waals surface area (Å²) in [5.74, 6) is -1.27. The molecule has 0 unspecified atom stereocenters. The molecule has 1 amide bonds. The van der Waals surface area contributed by atoms with E-state index < -0.39 is 11.9 Å². The second-order valence-electron chi connectivity index (χ2n) is 5.51. The second-order valence-corrected chi connectivity index (χ2v) is 5.51. The maximum absolute atomic E-state index is 12.4. The molecule has 0 aliphatic heterocycles. The van der Waals surface area contributed by atoms with Gasteiger partial charge in [0.05, 0.1) is 0 Å². The van der Waals surface area contributed by atoms with Crippen molar-refractivity contribution >= 4 is 22.8 Å². The third kappa shape index (κ3) is 3.07.